The minimum atomic E-state index is 0.228. The average molecular weight is 282 g/mol. The number of hydrogen-bond acceptors (Lipinski definition) is 3. The van der Waals surface area contributed by atoms with E-state index in [1.54, 1.807) is 0 Å². The Morgan fingerprint density at radius 2 is 1.85 bits per heavy atom. The van der Waals surface area contributed by atoms with Gasteiger partial charge in [-0.1, -0.05) is 32.6 Å². The fraction of sp³-hybridized carbons (Fsp3) is 0.938. The van der Waals surface area contributed by atoms with Crippen LogP contribution in [0.15, 0.2) is 0 Å². The fourth-order valence-corrected chi connectivity index (χ4v) is 3.62. The molecule has 0 spiro atoms. The monoisotopic (exact) mass is 282 g/mol. The van der Waals surface area contributed by atoms with Crippen LogP contribution in [0.4, 0.5) is 0 Å². The summed E-state index contributed by atoms with van der Waals surface area (Å²) >= 11 is 0. The van der Waals surface area contributed by atoms with Gasteiger partial charge in [-0.3, -0.25) is 9.69 Å². The van der Waals surface area contributed by atoms with Gasteiger partial charge in [0.05, 0.1) is 6.61 Å². The molecular weight excluding hydrogens is 252 g/mol. The maximum Gasteiger partial charge on any atom is 0.222 e. The number of hydrogen-bond donors (Lipinski definition) is 1. The lowest BCUT2D eigenvalue weighted by molar-refractivity contribution is -0.133. The molecule has 0 aromatic heterocycles. The van der Waals surface area contributed by atoms with Gasteiger partial charge in [-0.15, -0.1) is 0 Å². The van der Waals surface area contributed by atoms with Crippen LogP contribution in [-0.2, 0) is 4.79 Å². The molecule has 20 heavy (non-hydrogen) atoms. The topological polar surface area (TPSA) is 43.8 Å². The molecule has 4 nitrogen and oxygen atoms in total. The lowest BCUT2D eigenvalue weighted by Gasteiger charge is -2.38. The summed E-state index contributed by atoms with van der Waals surface area (Å²) in [6.45, 7) is 5.83. The van der Waals surface area contributed by atoms with Gasteiger partial charge < -0.3 is 10.0 Å². The second-order valence-electron chi connectivity index (χ2n) is 6.35. The highest BCUT2D eigenvalue weighted by molar-refractivity contribution is 5.76. The highest BCUT2D eigenvalue weighted by atomic mass is 16.3. The molecule has 1 amide bonds. The Kier molecular flexibility index (Phi) is 6.30. The van der Waals surface area contributed by atoms with Gasteiger partial charge in [-0.25, -0.2) is 0 Å². The van der Waals surface area contributed by atoms with Gasteiger partial charge >= 0.3 is 0 Å². The van der Waals surface area contributed by atoms with Crippen LogP contribution in [0.1, 0.15) is 51.9 Å². The first-order chi connectivity index (χ1) is 9.74. The minimum absolute atomic E-state index is 0.228. The molecule has 1 saturated heterocycles. The first-order valence-electron chi connectivity index (χ1n) is 8.37. The molecule has 0 aromatic carbocycles. The van der Waals surface area contributed by atoms with E-state index in [2.05, 4.69) is 11.8 Å². The van der Waals surface area contributed by atoms with Crippen molar-refractivity contribution < 1.29 is 9.90 Å². The van der Waals surface area contributed by atoms with Crippen LogP contribution < -0.4 is 0 Å². The Balaban J connectivity index is 1.68. The van der Waals surface area contributed by atoms with Crippen LogP contribution in [0.5, 0.6) is 0 Å². The molecule has 4 heteroatoms. The van der Waals surface area contributed by atoms with Crippen LogP contribution in [0.3, 0.4) is 0 Å². The van der Waals surface area contributed by atoms with E-state index < -0.39 is 0 Å². The lowest BCUT2D eigenvalue weighted by atomic mass is 10.0. The van der Waals surface area contributed by atoms with Crippen molar-refractivity contribution in [3.05, 3.63) is 0 Å². The fourth-order valence-electron chi connectivity index (χ4n) is 3.62. The molecule has 1 aliphatic carbocycles. The van der Waals surface area contributed by atoms with Gasteiger partial charge in [-0.05, 0) is 18.8 Å². The highest BCUT2D eigenvalue weighted by Crippen LogP contribution is 2.28. The molecule has 2 rings (SSSR count). The van der Waals surface area contributed by atoms with Crippen molar-refractivity contribution in [3.63, 3.8) is 0 Å². The normalized spacial score (nSPS) is 23.2. The Hall–Kier alpha value is -0.610. The van der Waals surface area contributed by atoms with E-state index in [-0.39, 0.29) is 12.6 Å². The summed E-state index contributed by atoms with van der Waals surface area (Å²) in [5, 5.41) is 9.34. The van der Waals surface area contributed by atoms with E-state index >= 15 is 0 Å². The Morgan fingerprint density at radius 1 is 1.20 bits per heavy atom. The third kappa shape index (κ3) is 4.19. The Bertz CT molecular complexity index is 291. The quantitative estimate of drug-likeness (QED) is 0.809. The molecule has 1 atom stereocenters. The number of aliphatic hydroxyl groups is 1. The van der Waals surface area contributed by atoms with Crippen molar-refractivity contribution >= 4 is 5.91 Å². The van der Waals surface area contributed by atoms with Crippen LogP contribution in [0, 0.1) is 5.92 Å². The number of carbonyl (C=O) groups is 1. The Labute approximate surface area is 123 Å². The average Bonchev–Trinajstić information content (AvgIpc) is 3.00. The maximum absolute atomic E-state index is 12.2. The van der Waals surface area contributed by atoms with E-state index in [0.717, 1.165) is 51.4 Å². The number of piperazine rings is 1. The van der Waals surface area contributed by atoms with Crippen molar-refractivity contribution in [2.45, 2.75) is 57.9 Å². The maximum atomic E-state index is 12.2. The second kappa shape index (κ2) is 7.99. The molecule has 1 unspecified atom stereocenters. The second-order valence-corrected chi connectivity index (χ2v) is 6.35. The lowest BCUT2D eigenvalue weighted by Crippen LogP contribution is -2.52. The third-order valence-electron chi connectivity index (χ3n) is 5.11. The van der Waals surface area contributed by atoms with Crippen LogP contribution >= 0.6 is 0 Å². The molecule has 1 aliphatic heterocycles. The van der Waals surface area contributed by atoms with Crippen molar-refractivity contribution in [1.29, 1.82) is 0 Å². The smallest absolute Gasteiger partial charge is 0.222 e. The van der Waals surface area contributed by atoms with Gasteiger partial charge in [0.25, 0.3) is 0 Å². The van der Waals surface area contributed by atoms with Crippen molar-refractivity contribution in [2.24, 2.45) is 5.92 Å². The van der Waals surface area contributed by atoms with E-state index in [4.69, 9.17) is 0 Å². The first kappa shape index (κ1) is 15.8. The zero-order chi connectivity index (χ0) is 14.4. The summed E-state index contributed by atoms with van der Waals surface area (Å²) in [6, 6.07) is 0.269. The van der Waals surface area contributed by atoms with Crippen molar-refractivity contribution in [1.82, 2.24) is 9.80 Å². The van der Waals surface area contributed by atoms with Crippen LogP contribution in [0.25, 0.3) is 0 Å². The first-order valence-corrected chi connectivity index (χ1v) is 8.37. The van der Waals surface area contributed by atoms with Crippen LogP contribution in [0.2, 0.25) is 0 Å². The molecule has 0 bridgehead atoms. The zero-order valence-electron chi connectivity index (χ0n) is 12.9. The predicted molar refractivity (Wildman–Crippen MR) is 80.5 cm³/mol. The Morgan fingerprint density at radius 3 is 2.40 bits per heavy atom. The van der Waals surface area contributed by atoms with Gasteiger partial charge in [0.15, 0.2) is 0 Å². The number of rotatable bonds is 6. The largest absolute Gasteiger partial charge is 0.395 e. The van der Waals surface area contributed by atoms with E-state index in [0.29, 0.717) is 5.91 Å². The van der Waals surface area contributed by atoms with E-state index in [1.807, 2.05) is 4.90 Å². The summed E-state index contributed by atoms with van der Waals surface area (Å²) in [6.07, 6.45) is 8.18. The predicted octanol–water partition coefficient (Wildman–Crippen LogP) is 1.87. The van der Waals surface area contributed by atoms with Gasteiger partial charge in [-0.2, -0.15) is 0 Å². The molecule has 116 valence electrons. The SMILES string of the molecule is CCC(CO)N1CCN(C(=O)CCC2CCCC2)CC1. The molecule has 0 radical (unpaired) electrons. The summed E-state index contributed by atoms with van der Waals surface area (Å²) in [5.74, 6) is 1.15. The molecule has 2 fully saturated rings. The highest BCUT2D eigenvalue weighted by Gasteiger charge is 2.25. The molecule has 1 N–H and O–H groups in total. The van der Waals surface area contributed by atoms with Crippen molar-refractivity contribution in [2.75, 3.05) is 32.8 Å². The van der Waals surface area contributed by atoms with E-state index in [9.17, 15) is 9.90 Å². The molecular formula is C16H30N2O2. The zero-order valence-corrected chi connectivity index (χ0v) is 12.9. The number of aliphatic hydroxyl groups excluding tert-OH is 1. The summed E-state index contributed by atoms with van der Waals surface area (Å²) in [7, 11) is 0. The van der Waals surface area contributed by atoms with E-state index in [1.165, 1.54) is 25.7 Å². The third-order valence-corrected chi connectivity index (χ3v) is 5.11. The standard InChI is InChI=1S/C16H30N2O2/c1-2-15(13-19)17-9-11-18(12-10-17)16(20)8-7-14-5-3-4-6-14/h14-15,19H,2-13H2,1H3. The summed E-state index contributed by atoms with van der Waals surface area (Å²) in [5.41, 5.74) is 0. The van der Waals surface area contributed by atoms with Crippen molar-refractivity contribution in [3.8, 4) is 0 Å². The van der Waals surface area contributed by atoms with Gasteiger partial charge in [0, 0.05) is 38.6 Å². The van der Waals surface area contributed by atoms with Gasteiger partial charge in [0.2, 0.25) is 5.91 Å². The van der Waals surface area contributed by atoms with Gasteiger partial charge in [0.1, 0.15) is 0 Å². The molecule has 1 heterocycles. The number of carbonyl (C=O) groups excluding carboxylic acids is 1. The minimum Gasteiger partial charge on any atom is -0.395 e. The molecule has 2 aliphatic rings. The summed E-state index contributed by atoms with van der Waals surface area (Å²) < 4.78 is 0. The number of amides is 1. The summed E-state index contributed by atoms with van der Waals surface area (Å²) in [4.78, 5) is 16.6. The molecule has 0 aromatic rings. The number of nitrogens with zero attached hydrogens (tertiary/aromatic N) is 2. The van der Waals surface area contributed by atoms with Crippen LogP contribution in [-0.4, -0.2) is 59.6 Å². The molecule has 1 saturated carbocycles.